The van der Waals surface area contributed by atoms with Crippen LogP contribution in [-0.2, 0) is 38.7 Å². The molecule has 1 aliphatic carbocycles. The van der Waals surface area contributed by atoms with Crippen LogP contribution >= 0.6 is 0 Å². The summed E-state index contributed by atoms with van der Waals surface area (Å²) in [5.41, 5.74) is 16.0. The average molecular weight is 619 g/mol. The van der Waals surface area contributed by atoms with Gasteiger partial charge in [-0.25, -0.2) is 0 Å². The molecule has 4 rings (SSSR count). The number of hydrogen-bond acceptors (Lipinski definition) is 2. The first-order valence-corrected chi connectivity index (χ1v) is 11.1. The molecule has 32 heavy (non-hydrogen) atoms. The molecule has 0 aliphatic heterocycles. The van der Waals surface area contributed by atoms with Crippen molar-refractivity contribution < 1.29 is 25.9 Å². The molecule has 178 valence electrons. The Bertz CT molecular complexity index is 847. The largest absolute Gasteiger partial charge is 2.00 e. The van der Waals surface area contributed by atoms with Crippen LogP contribution in [0.25, 0.3) is 22.4 Å². The van der Waals surface area contributed by atoms with Gasteiger partial charge in [-0.05, 0) is 35.7 Å². The number of nitrogens with zero attached hydrogens (tertiary/aromatic N) is 1. The van der Waals surface area contributed by atoms with Gasteiger partial charge in [0.1, 0.15) is 0 Å². The van der Waals surface area contributed by atoms with Crippen molar-refractivity contribution in [2.24, 2.45) is 5.92 Å². The fourth-order valence-electron chi connectivity index (χ4n) is 3.12. The van der Waals surface area contributed by atoms with E-state index in [2.05, 4.69) is 27.4 Å². The maximum atomic E-state index is 11.9. The van der Waals surface area contributed by atoms with Gasteiger partial charge in [-0.1, -0.05) is 57.2 Å². The summed E-state index contributed by atoms with van der Waals surface area (Å²) in [6.45, 7) is 5.31. The van der Waals surface area contributed by atoms with Gasteiger partial charge in [-0.2, -0.15) is 7.05 Å². The standard InChI is InChI=1S/C17H17N3O.C5H10N.C2H6.CH4N.Pt/c21-17(11-13-5-8-18-9-6-13)19-10-7-14-12-20-16-4-2-1-3-15(14)16;6-4-5-2-1-3-5;2*1-2;/h1-6,8-9,12,20H,7,10-11H2,(H,19,21);5-6H,1-4H2;1-2H3;2H,1H3;/q;-1;;-1;+2. The number of rotatable bonds is 6. The Morgan fingerprint density at radius 3 is 2.34 bits per heavy atom. The zero-order valence-electron chi connectivity index (χ0n) is 19.4. The maximum Gasteiger partial charge on any atom is 2.00 e. The van der Waals surface area contributed by atoms with E-state index in [1.165, 1.54) is 37.3 Å². The molecule has 0 bridgehead atoms. The summed E-state index contributed by atoms with van der Waals surface area (Å²) in [7, 11) is 1.25. The SMILES string of the molecule is CC.C[NH-].O=C(Cc1ccncc1)NCCc1c[nH]c2ccccc12.[NH-]CC1CCC1.[Pt+2]. The molecule has 0 radical (unpaired) electrons. The average Bonchev–Trinajstić information content (AvgIpc) is 3.20. The fourth-order valence-corrected chi connectivity index (χ4v) is 3.12. The zero-order chi connectivity index (χ0) is 22.9. The number of carbonyl (C=O) groups excluding carboxylic acids is 1. The molecule has 0 atom stereocenters. The number of benzene rings is 1. The van der Waals surface area contributed by atoms with Crippen LogP contribution in [0.5, 0.6) is 0 Å². The molecule has 1 fully saturated rings. The van der Waals surface area contributed by atoms with Crippen molar-refractivity contribution in [3.05, 3.63) is 77.6 Å². The van der Waals surface area contributed by atoms with E-state index in [0.717, 1.165) is 23.4 Å². The number of amides is 1. The van der Waals surface area contributed by atoms with E-state index in [4.69, 9.17) is 11.5 Å². The number of H-pyrrole nitrogens is 1. The predicted octanol–water partition coefficient (Wildman–Crippen LogP) is 6.00. The number of para-hydroxylation sites is 1. The second kappa shape index (κ2) is 18.5. The van der Waals surface area contributed by atoms with Crippen molar-refractivity contribution in [2.75, 3.05) is 20.1 Å². The van der Waals surface area contributed by atoms with Gasteiger partial charge < -0.3 is 21.8 Å². The first kappa shape index (κ1) is 30.0. The number of fused-ring (bicyclic) bond motifs is 1. The number of aromatic nitrogens is 2. The van der Waals surface area contributed by atoms with Crippen LogP contribution in [0.4, 0.5) is 0 Å². The third-order valence-corrected chi connectivity index (χ3v) is 5.02. The van der Waals surface area contributed by atoms with Crippen LogP contribution in [0.3, 0.4) is 0 Å². The van der Waals surface area contributed by atoms with Gasteiger partial charge in [0.05, 0.1) is 6.42 Å². The quantitative estimate of drug-likeness (QED) is 0.354. The van der Waals surface area contributed by atoms with Crippen LogP contribution < -0.4 is 5.32 Å². The van der Waals surface area contributed by atoms with Gasteiger partial charge in [0.15, 0.2) is 0 Å². The monoisotopic (exact) mass is 618 g/mol. The summed E-state index contributed by atoms with van der Waals surface area (Å²) in [4.78, 5) is 19.1. The maximum absolute atomic E-state index is 11.9. The molecule has 2 aromatic heterocycles. The molecule has 0 spiro atoms. The van der Waals surface area contributed by atoms with E-state index in [1.807, 2.05) is 44.3 Å². The molecule has 1 amide bonds. The summed E-state index contributed by atoms with van der Waals surface area (Å²) in [6, 6.07) is 11.9. The molecule has 2 heterocycles. The fraction of sp³-hybridized carbons (Fsp3) is 0.440. The zero-order valence-corrected chi connectivity index (χ0v) is 21.7. The summed E-state index contributed by atoms with van der Waals surface area (Å²) < 4.78 is 0. The molecule has 0 saturated heterocycles. The Kier molecular flexibility index (Phi) is 17.4. The van der Waals surface area contributed by atoms with E-state index >= 15 is 0 Å². The topological polar surface area (TPSA) is 105 Å². The van der Waals surface area contributed by atoms with Gasteiger partial charge in [-0.3, -0.25) is 9.78 Å². The minimum absolute atomic E-state index is 0. The number of nitrogens with one attached hydrogen (secondary N) is 4. The molecule has 1 aliphatic rings. The molecule has 6 nitrogen and oxygen atoms in total. The smallest absolute Gasteiger partial charge is 0.680 e. The molecule has 4 N–H and O–H groups in total. The molecule has 1 aromatic carbocycles. The van der Waals surface area contributed by atoms with E-state index in [9.17, 15) is 4.79 Å². The summed E-state index contributed by atoms with van der Waals surface area (Å²) in [5, 5.41) is 4.18. The third-order valence-electron chi connectivity index (χ3n) is 5.02. The second-order valence-corrected chi connectivity index (χ2v) is 6.99. The van der Waals surface area contributed by atoms with Crippen LogP contribution in [0.1, 0.15) is 44.2 Å². The predicted molar refractivity (Wildman–Crippen MR) is 131 cm³/mol. The third kappa shape index (κ3) is 10.5. The van der Waals surface area contributed by atoms with Crippen molar-refractivity contribution in [3.8, 4) is 0 Å². The van der Waals surface area contributed by atoms with Crippen molar-refractivity contribution in [2.45, 2.75) is 46.0 Å². The van der Waals surface area contributed by atoms with Crippen molar-refractivity contribution in [1.82, 2.24) is 15.3 Å². The first-order valence-electron chi connectivity index (χ1n) is 11.1. The molecule has 0 unspecified atom stereocenters. The molecular weight excluding hydrogens is 581 g/mol. The Morgan fingerprint density at radius 1 is 1.12 bits per heavy atom. The first-order chi connectivity index (χ1) is 15.3. The van der Waals surface area contributed by atoms with Gasteiger partial charge >= 0.3 is 21.1 Å². The second-order valence-electron chi connectivity index (χ2n) is 6.99. The van der Waals surface area contributed by atoms with E-state index in [0.29, 0.717) is 19.5 Å². The molecule has 1 saturated carbocycles. The number of carbonyl (C=O) groups is 1. The summed E-state index contributed by atoms with van der Waals surface area (Å²) in [5.74, 6) is 0.825. The number of hydrogen-bond donors (Lipinski definition) is 2. The Balaban J connectivity index is 0.000000740. The van der Waals surface area contributed by atoms with Crippen molar-refractivity contribution >= 4 is 16.8 Å². The Morgan fingerprint density at radius 2 is 1.78 bits per heavy atom. The van der Waals surface area contributed by atoms with Gasteiger partial charge in [0.25, 0.3) is 0 Å². The minimum Gasteiger partial charge on any atom is -0.680 e. The number of pyridine rings is 1. The minimum atomic E-state index is 0. The van der Waals surface area contributed by atoms with Crippen LogP contribution in [0, 0.1) is 5.92 Å². The van der Waals surface area contributed by atoms with E-state index < -0.39 is 0 Å². The van der Waals surface area contributed by atoms with Gasteiger partial charge in [-0.15, -0.1) is 6.54 Å². The Labute approximate surface area is 207 Å². The van der Waals surface area contributed by atoms with Crippen LogP contribution in [-0.4, -0.2) is 36.0 Å². The number of aromatic amines is 1. The molecule has 3 aromatic rings. The molecule has 7 heteroatoms. The van der Waals surface area contributed by atoms with Gasteiger partial charge in [0.2, 0.25) is 5.91 Å². The van der Waals surface area contributed by atoms with Crippen LogP contribution in [0.15, 0.2) is 55.0 Å². The van der Waals surface area contributed by atoms with Crippen molar-refractivity contribution in [3.63, 3.8) is 0 Å². The normalized spacial score (nSPS) is 11.8. The summed E-state index contributed by atoms with van der Waals surface area (Å²) in [6.07, 6.45) is 10.7. The molecular formula is C25H37N5OPt. The van der Waals surface area contributed by atoms with Crippen LogP contribution in [0.2, 0.25) is 0 Å². The van der Waals surface area contributed by atoms with Crippen molar-refractivity contribution in [1.29, 1.82) is 0 Å². The van der Waals surface area contributed by atoms with E-state index in [-0.39, 0.29) is 27.0 Å². The summed E-state index contributed by atoms with van der Waals surface area (Å²) >= 11 is 0. The Hall–Kier alpha value is -2.01. The van der Waals surface area contributed by atoms with Gasteiger partial charge in [0, 0.05) is 36.0 Å². The van der Waals surface area contributed by atoms with E-state index in [1.54, 1.807) is 12.4 Å².